The number of nitrogens with zero attached hydrogens (tertiary/aromatic N) is 1. The molecule has 2 unspecified atom stereocenters. The Balaban J connectivity index is 1.91. The fraction of sp³-hybridized carbons (Fsp3) is 0.571. The van der Waals surface area contributed by atoms with Crippen LogP contribution in [0.2, 0.25) is 0 Å². The van der Waals surface area contributed by atoms with Crippen molar-refractivity contribution in [3.63, 3.8) is 0 Å². The number of nitrogens with one attached hydrogen (secondary N) is 1. The fourth-order valence-corrected chi connectivity index (χ4v) is 3.20. The lowest BCUT2D eigenvalue weighted by atomic mass is 10.1. The number of hydrogen-bond acceptors (Lipinski definition) is 3. The molecule has 0 aromatic heterocycles. The fourth-order valence-electron chi connectivity index (χ4n) is 2.80. The van der Waals surface area contributed by atoms with Crippen molar-refractivity contribution in [3.8, 4) is 0 Å². The Labute approximate surface area is 121 Å². The van der Waals surface area contributed by atoms with Gasteiger partial charge < -0.3 is 5.32 Å². The quantitative estimate of drug-likeness (QED) is 0.659. The summed E-state index contributed by atoms with van der Waals surface area (Å²) in [4.78, 5) is 10.6. The molecule has 0 spiro atoms. The third kappa shape index (κ3) is 4.01. The molecule has 1 aliphatic rings. The van der Waals surface area contributed by atoms with E-state index in [0.29, 0.717) is 6.54 Å². The molecule has 0 amide bonds. The van der Waals surface area contributed by atoms with Crippen LogP contribution in [0.15, 0.2) is 22.7 Å². The summed E-state index contributed by atoms with van der Waals surface area (Å²) in [6.45, 7) is 3.80. The first-order valence-electron chi connectivity index (χ1n) is 6.70. The van der Waals surface area contributed by atoms with Crippen LogP contribution < -0.4 is 5.32 Å². The molecule has 0 heterocycles. The largest absolute Gasteiger partial charge is 0.312 e. The number of benzene rings is 1. The third-order valence-corrected chi connectivity index (χ3v) is 4.28. The SMILES string of the molecule is CC1CCC(CNCc2cc(Br)ccc2[N+](=O)[O-])C1. The van der Waals surface area contributed by atoms with Crippen LogP contribution in [0.25, 0.3) is 0 Å². The van der Waals surface area contributed by atoms with Crippen molar-refractivity contribution >= 4 is 21.6 Å². The van der Waals surface area contributed by atoms with E-state index in [9.17, 15) is 10.1 Å². The third-order valence-electron chi connectivity index (χ3n) is 3.79. The van der Waals surface area contributed by atoms with E-state index in [0.717, 1.165) is 28.4 Å². The second-order valence-electron chi connectivity index (χ2n) is 5.45. The summed E-state index contributed by atoms with van der Waals surface area (Å²) >= 11 is 3.36. The Hall–Kier alpha value is -0.940. The predicted octanol–water partition coefficient (Wildman–Crippen LogP) is 3.88. The molecule has 0 bridgehead atoms. The van der Waals surface area contributed by atoms with Crippen LogP contribution in [0.3, 0.4) is 0 Å². The Kier molecular flexibility index (Phi) is 4.93. The molecule has 1 aliphatic carbocycles. The van der Waals surface area contributed by atoms with Crippen molar-refractivity contribution in [2.24, 2.45) is 11.8 Å². The summed E-state index contributed by atoms with van der Waals surface area (Å²) in [7, 11) is 0. The normalized spacial score (nSPS) is 22.6. The molecule has 0 radical (unpaired) electrons. The van der Waals surface area contributed by atoms with Crippen molar-refractivity contribution in [2.75, 3.05) is 6.54 Å². The molecule has 0 aliphatic heterocycles. The topological polar surface area (TPSA) is 55.2 Å². The molecule has 5 heteroatoms. The van der Waals surface area contributed by atoms with Gasteiger partial charge in [-0.05, 0) is 43.4 Å². The monoisotopic (exact) mass is 326 g/mol. The van der Waals surface area contributed by atoms with Gasteiger partial charge in [0.1, 0.15) is 0 Å². The van der Waals surface area contributed by atoms with Gasteiger partial charge in [-0.15, -0.1) is 0 Å². The van der Waals surface area contributed by atoms with Crippen LogP contribution in [-0.2, 0) is 6.54 Å². The minimum atomic E-state index is -0.318. The Bertz CT molecular complexity index is 465. The highest BCUT2D eigenvalue weighted by molar-refractivity contribution is 9.10. The van der Waals surface area contributed by atoms with E-state index >= 15 is 0 Å². The predicted molar refractivity (Wildman–Crippen MR) is 79.0 cm³/mol. The highest BCUT2D eigenvalue weighted by Gasteiger charge is 2.21. The molecule has 4 nitrogen and oxygen atoms in total. The van der Waals surface area contributed by atoms with Crippen molar-refractivity contribution in [1.82, 2.24) is 5.32 Å². The lowest BCUT2D eigenvalue weighted by Gasteiger charge is -2.11. The van der Waals surface area contributed by atoms with E-state index in [1.54, 1.807) is 12.1 Å². The van der Waals surface area contributed by atoms with Crippen molar-refractivity contribution in [2.45, 2.75) is 32.7 Å². The molecule has 104 valence electrons. The van der Waals surface area contributed by atoms with Crippen LogP contribution in [-0.4, -0.2) is 11.5 Å². The average molecular weight is 327 g/mol. The highest BCUT2D eigenvalue weighted by atomic mass is 79.9. The Morgan fingerprint density at radius 2 is 2.26 bits per heavy atom. The maximum atomic E-state index is 11.0. The number of hydrogen-bond donors (Lipinski definition) is 1. The van der Waals surface area contributed by atoms with E-state index in [1.807, 2.05) is 6.07 Å². The molecule has 2 atom stereocenters. The second kappa shape index (κ2) is 6.48. The van der Waals surface area contributed by atoms with Gasteiger partial charge in [-0.25, -0.2) is 0 Å². The number of nitro benzene ring substituents is 1. The molecular formula is C14H19BrN2O2. The summed E-state index contributed by atoms with van der Waals surface area (Å²) < 4.78 is 0.879. The zero-order chi connectivity index (χ0) is 13.8. The first-order valence-corrected chi connectivity index (χ1v) is 7.49. The van der Waals surface area contributed by atoms with Gasteiger partial charge in [0.25, 0.3) is 5.69 Å². The van der Waals surface area contributed by atoms with Crippen LogP contribution >= 0.6 is 15.9 Å². The van der Waals surface area contributed by atoms with E-state index in [4.69, 9.17) is 0 Å². The molecule has 19 heavy (non-hydrogen) atoms. The van der Waals surface area contributed by atoms with Gasteiger partial charge in [-0.2, -0.15) is 0 Å². The Morgan fingerprint density at radius 3 is 2.89 bits per heavy atom. The van der Waals surface area contributed by atoms with Gasteiger partial charge in [0.15, 0.2) is 0 Å². The molecule has 1 fully saturated rings. The molecule has 1 saturated carbocycles. The van der Waals surface area contributed by atoms with Gasteiger partial charge >= 0.3 is 0 Å². The number of rotatable bonds is 5. The standard InChI is InChI=1S/C14H19BrN2O2/c1-10-2-3-11(6-10)8-16-9-12-7-13(15)4-5-14(12)17(18)19/h4-5,7,10-11,16H,2-3,6,8-9H2,1H3. The van der Waals surface area contributed by atoms with Crippen LogP contribution in [0.1, 0.15) is 31.7 Å². The van der Waals surface area contributed by atoms with Gasteiger partial charge in [0.2, 0.25) is 0 Å². The van der Waals surface area contributed by atoms with Gasteiger partial charge in [-0.3, -0.25) is 10.1 Å². The number of nitro groups is 1. The molecule has 1 N–H and O–H groups in total. The second-order valence-corrected chi connectivity index (χ2v) is 6.36. The van der Waals surface area contributed by atoms with E-state index in [1.165, 1.54) is 19.3 Å². The minimum absolute atomic E-state index is 0.190. The summed E-state index contributed by atoms with van der Waals surface area (Å²) in [6.07, 6.45) is 3.85. The van der Waals surface area contributed by atoms with E-state index < -0.39 is 0 Å². The molecule has 1 aromatic rings. The summed E-state index contributed by atoms with van der Waals surface area (Å²) in [5.41, 5.74) is 0.931. The van der Waals surface area contributed by atoms with Crippen LogP contribution in [0.4, 0.5) is 5.69 Å². The summed E-state index contributed by atoms with van der Waals surface area (Å²) in [5.74, 6) is 1.55. The maximum absolute atomic E-state index is 11.0. The zero-order valence-corrected chi connectivity index (χ0v) is 12.6. The minimum Gasteiger partial charge on any atom is -0.312 e. The molecule has 0 saturated heterocycles. The summed E-state index contributed by atoms with van der Waals surface area (Å²) in [5, 5.41) is 14.3. The average Bonchev–Trinajstić information content (AvgIpc) is 2.75. The molecular weight excluding hydrogens is 308 g/mol. The molecule has 1 aromatic carbocycles. The highest BCUT2D eigenvalue weighted by Crippen LogP contribution is 2.30. The first kappa shape index (κ1) is 14.5. The molecule has 2 rings (SSSR count). The summed E-state index contributed by atoms with van der Waals surface area (Å²) in [6, 6.07) is 5.08. The van der Waals surface area contributed by atoms with Crippen molar-refractivity contribution in [1.29, 1.82) is 0 Å². The van der Waals surface area contributed by atoms with Gasteiger partial charge in [-0.1, -0.05) is 29.3 Å². The Morgan fingerprint density at radius 1 is 1.47 bits per heavy atom. The lowest BCUT2D eigenvalue weighted by Crippen LogP contribution is -2.21. The van der Waals surface area contributed by atoms with Crippen molar-refractivity contribution < 1.29 is 4.92 Å². The van der Waals surface area contributed by atoms with Gasteiger partial charge in [0.05, 0.1) is 4.92 Å². The van der Waals surface area contributed by atoms with Crippen LogP contribution in [0.5, 0.6) is 0 Å². The maximum Gasteiger partial charge on any atom is 0.273 e. The van der Waals surface area contributed by atoms with Gasteiger partial charge in [0, 0.05) is 22.6 Å². The van der Waals surface area contributed by atoms with E-state index in [-0.39, 0.29) is 10.6 Å². The number of halogens is 1. The van der Waals surface area contributed by atoms with E-state index in [2.05, 4.69) is 28.2 Å². The van der Waals surface area contributed by atoms with Crippen LogP contribution in [0, 0.1) is 22.0 Å². The lowest BCUT2D eigenvalue weighted by molar-refractivity contribution is -0.385. The van der Waals surface area contributed by atoms with Crippen molar-refractivity contribution in [3.05, 3.63) is 38.3 Å². The first-order chi connectivity index (χ1) is 9.06. The zero-order valence-electron chi connectivity index (χ0n) is 11.1. The smallest absolute Gasteiger partial charge is 0.273 e.